The van der Waals surface area contributed by atoms with Crippen LogP contribution in [0.15, 0.2) is 78.9 Å². The van der Waals surface area contributed by atoms with Gasteiger partial charge in [0.05, 0.1) is 45.1 Å². The van der Waals surface area contributed by atoms with Gasteiger partial charge in [0.2, 0.25) is 5.91 Å². The molecule has 3 N–H and O–H groups in total. The number of carbonyl (C=O) groups excluding carboxylic acids is 3. The number of benzene rings is 3. The number of unbranched alkanes of at least 4 members (excludes halogenated alkanes) is 1. The average molecular weight is 702 g/mol. The number of ether oxygens (including phenoxy) is 3. The van der Waals surface area contributed by atoms with Gasteiger partial charge in [-0.05, 0) is 60.2 Å². The summed E-state index contributed by atoms with van der Waals surface area (Å²) < 4.78 is 17.9. The van der Waals surface area contributed by atoms with E-state index in [-0.39, 0.29) is 61.8 Å². The zero-order valence-corrected chi connectivity index (χ0v) is 29.5. The van der Waals surface area contributed by atoms with Gasteiger partial charge in [-0.15, -0.1) is 0 Å². The van der Waals surface area contributed by atoms with Crippen LogP contribution in [0.25, 0.3) is 0 Å². The lowest BCUT2D eigenvalue weighted by Gasteiger charge is -2.38. The number of β-amino-alcohol motifs (C(OH)–C–C–N with tert-alkyl or cyclic N) is 1. The lowest BCUT2D eigenvalue weighted by Crippen LogP contribution is -2.42. The highest BCUT2D eigenvalue weighted by Gasteiger charge is 2.43. The number of carbonyl (C=O) groups is 3. The first-order valence-electron chi connectivity index (χ1n) is 17.5. The number of hydrogen-bond donors (Lipinski definition) is 3. The molecule has 3 saturated heterocycles. The summed E-state index contributed by atoms with van der Waals surface area (Å²) in [5.41, 5.74) is 1.63. The molecule has 3 fully saturated rings. The highest BCUT2D eigenvalue weighted by molar-refractivity contribution is 8.00. The van der Waals surface area contributed by atoms with Crippen LogP contribution in [0.1, 0.15) is 61.6 Å². The number of fused-ring (bicyclic) bond motifs is 1. The van der Waals surface area contributed by atoms with Crippen molar-refractivity contribution in [1.82, 2.24) is 15.5 Å². The van der Waals surface area contributed by atoms with E-state index in [1.54, 1.807) is 19.1 Å². The van der Waals surface area contributed by atoms with Gasteiger partial charge >= 0.3 is 6.03 Å². The fraction of sp³-hybridized carbons (Fsp3) is 0.462. The molecule has 10 nitrogen and oxygen atoms in total. The summed E-state index contributed by atoms with van der Waals surface area (Å²) in [5, 5.41) is 17.1. The summed E-state index contributed by atoms with van der Waals surface area (Å²) >= 11 is 1.87. The van der Waals surface area contributed by atoms with Crippen molar-refractivity contribution in [3.8, 4) is 11.5 Å². The first kappa shape index (κ1) is 35.8. The van der Waals surface area contributed by atoms with Crippen LogP contribution in [0.5, 0.6) is 11.5 Å². The molecule has 50 heavy (non-hydrogen) atoms. The van der Waals surface area contributed by atoms with Gasteiger partial charge in [-0.2, -0.15) is 11.8 Å². The van der Waals surface area contributed by atoms with Gasteiger partial charge in [0, 0.05) is 36.8 Å². The van der Waals surface area contributed by atoms with E-state index in [4.69, 9.17) is 14.2 Å². The van der Waals surface area contributed by atoms with Crippen molar-refractivity contribution in [3.05, 3.63) is 95.6 Å². The second-order valence-corrected chi connectivity index (χ2v) is 14.6. The molecule has 11 heteroatoms. The van der Waals surface area contributed by atoms with E-state index in [0.717, 1.165) is 53.2 Å². The topological polar surface area (TPSA) is 126 Å². The molecule has 0 spiro atoms. The van der Waals surface area contributed by atoms with Crippen LogP contribution in [0, 0.1) is 0 Å². The fourth-order valence-corrected chi connectivity index (χ4v) is 9.02. The predicted molar refractivity (Wildman–Crippen MR) is 193 cm³/mol. The molecule has 0 bridgehead atoms. The number of likely N-dealkylation sites (tertiary alicyclic amines) is 1. The maximum Gasteiger partial charge on any atom is 0.315 e. The number of aliphatic hydroxyl groups excluding tert-OH is 1. The highest BCUT2D eigenvalue weighted by atomic mass is 32.2. The van der Waals surface area contributed by atoms with Crippen molar-refractivity contribution in [3.63, 3.8) is 0 Å². The molecular weight excluding hydrogens is 655 g/mol. The Hall–Kier alpha value is -4.06. The van der Waals surface area contributed by atoms with E-state index in [9.17, 15) is 19.5 Å². The number of ketones is 1. The number of Topliss-reactive ketones (excluding diaryl/α,β-unsaturated/α-hetero) is 1. The molecule has 3 aromatic rings. The van der Waals surface area contributed by atoms with Gasteiger partial charge in [-0.25, -0.2) is 4.79 Å². The van der Waals surface area contributed by atoms with Crippen LogP contribution in [0.2, 0.25) is 0 Å². The zero-order valence-electron chi connectivity index (χ0n) is 28.7. The lowest BCUT2D eigenvalue weighted by atomic mass is 9.80. The van der Waals surface area contributed by atoms with Crippen molar-refractivity contribution >= 4 is 29.5 Å². The largest absolute Gasteiger partial charge is 0.497 e. The molecule has 3 aliphatic rings. The molecule has 3 heterocycles. The van der Waals surface area contributed by atoms with Gasteiger partial charge < -0.3 is 34.9 Å². The number of aliphatic hydroxyl groups is 1. The van der Waals surface area contributed by atoms with Crippen molar-refractivity contribution in [2.45, 2.75) is 80.0 Å². The molecular formula is C39H47N3O7S. The molecule has 0 saturated carbocycles. The molecule has 3 aromatic carbocycles. The number of amides is 3. The summed E-state index contributed by atoms with van der Waals surface area (Å²) in [7, 11) is 3.26. The maximum atomic E-state index is 13.6. The van der Waals surface area contributed by atoms with Crippen molar-refractivity contribution in [2.75, 3.05) is 33.1 Å². The van der Waals surface area contributed by atoms with Crippen molar-refractivity contribution < 1.29 is 33.7 Å². The number of methoxy groups -OCH3 is 2. The fourth-order valence-electron chi connectivity index (χ4n) is 7.48. The van der Waals surface area contributed by atoms with Crippen LogP contribution in [0.4, 0.5) is 4.79 Å². The van der Waals surface area contributed by atoms with Crippen molar-refractivity contribution in [1.29, 1.82) is 0 Å². The number of rotatable bonds is 16. The van der Waals surface area contributed by atoms with E-state index < -0.39 is 11.7 Å². The molecule has 5 atom stereocenters. The van der Waals surface area contributed by atoms with Crippen LogP contribution < -0.4 is 20.1 Å². The summed E-state index contributed by atoms with van der Waals surface area (Å²) in [5.74, 6) is 2.28. The smallest absolute Gasteiger partial charge is 0.315 e. The second kappa shape index (κ2) is 16.3. The Morgan fingerprint density at radius 2 is 1.50 bits per heavy atom. The molecule has 0 unspecified atom stereocenters. The van der Waals surface area contributed by atoms with E-state index in [0.29, 0.717) is 18.1 Å². The normalized spacial score (nSPS) is 22.9. The molecule has 3 amide bonds. The highest BCUT2D eigenvalue weighted by Crippen LogP contribution is 2.42. The van der Waals surface area contributed by atoms with Crippen LogP contribution in [-0.2, 0) is 19.9 Å². The third-order valence-corrected chi connectivity index (χ3v) is 11.6. The van der Waals surface area contributed by atoms with Gasteiger partial charge in [0.1, 0.15) is 22.9 Å². The third kappa shape index (κ3) is 7.95. The number of thioether (sulfide) groups is 1. The predicted octanol–water partition coefficient (Wildman–Crippen LogP) is 5.05. The minimum absolute atomic E-state index is 0.0702. The molecule has 0 radical (unpaired) electrons. The minimum Gasteiger partial charge on any atom is -0.497 e. The van der Waals surface area contributed by atoms with E-state index in [2.05, 4.69) is 10.6 Å². The Labute approximate surface area is 298 Å². The average Bonchev–Trinajstić information content (AvgIpc) is 3.83. The van der Waals surface area contributed by atoms with Crippen molar-refractivity contribution in [2.24, 2.45) is 0 Å². The van der Waals surface area contributed by atoms with E-state index in [1.807, 2.05) is 90.6 Å². The van der Waals surface area contributed by atoms with Crippen LogP contribution in [-0.4, -0.2) is 90.3 Å². The number of nitrogens with one attached hydrogen (secondary N) is 2. The molecule has 0 aliphatic carbocycles. The lowest BCUT2D eigenvalue weighted by molar-refractivity contribution is -0.136. The third-order valence-electron chi connectivity index (χ3n) is 10.1. The monoisotopic (exact) mass is 701 g/mol. The Balaban J connectivity index is 1.11. The quantitative estimate of drug-likeness (QED) is 0.108. The summed E-state index contributed by atoms with van der Waals surface area (Å²) in [6.45, 7) is 0.373. The SMILES string of the molecule is COc1ccc(C(OC[C@@H]2C[C@@H](O)CN2C(=O)CCC(=O)CCCC[C@@H]2SC[C@@H]3NC(=O)N[C@@H]32)(c2ccccc2)c2ccc(OC)cc2)cc1. The molecule has 3 aliphatic heterocycles. The minimum atomic E-state index is -1.05. The molecule has 266 valence electrons. The first-order chi connectivity index (χ1) is 24.3. The van der Waals surface area contributed by atoms with Gasteiger partial charge in [-0.3, -0.25) is 9.59 Å². The summed E-state index contributed by atoms with van der Waals surface area (Å²) in [6.07, 6.45) is 3.03. The Morgan fingerprint density at radius 3 is 2.14 bits per heavy atom. The number of hydrogen-bond acceptors (Lipinski definition) is 8. The van der Waals surface area contributed by atoms with Gasteiger partial charge in [-0.1, -0.05) is 61.0 Å². The van der Waals surface area contributed by atoms with Crippen LogP contribution >= 0.6 is 11.8 Å². The van der Waals surface area contributed by atoms with Gasteiger partial charge in [0.15, 0.2) is 0 Å². The Kier molecular flexibility index (Phi) is 11.7. The molecule has 0 aromatic heterocycles. The van der Waals surface area contributed by atoms with Crippen LogP contribution in [0.3, 0.4) is 0 Å². The maximum absolute atomic E-state index is 13.6. The summed E-state index contributed by atoms with van der Waals surface area (Å²) in [4.78, 5) is 39.7. The van der Waals surface area contributed by atoms with E-state index >= 15 is 0 Å². The summed E-state index contributed by atoms with van der Waals surface area (Å²) in [6, 6.07) is 25.4. The van der Waals surface area contributed by atoms with Gasteiger partial charge in [0.25, 0.3) is 0 Å². The zero-order chi connectivity index (χ0) is 35.1. The van der Waals surface area contributed by atoms with E-state index in [1.165, 1.54) is 0 Å². The second-order valence-electron chi connectivity index (χ2n) is 13.3. The first-order valence-corrected chi connectivity index (χ1v) is 18.5. The molecule has 6 rings (SSSR count). The Bertz CT molecular complexity index is 1560. The number of urea groups is 1. The number of nitrogens with zero attached hydrogens (tertiary/aromatic N) is 1. The standard InChI is InChI=1S/C39H47N3O7S/c1-47-32-17-12-27(13-18-32)39(26-8-4-3-5-9-26,28-14-19-33(48-2)20-15-28)49-24-29-22-31(44)23-42(29)36(45)21-16-30(43)10-6-7-11-35-37-34(25-50-35)40-38(46)41-37/h3-5,8-9,12-15,17-20,29,31,34-35,37,44H,6-7,10-11,16,21-25H2,1-2H3,(H2,40,41,46)/t29-,31+,34-,35-,37-/m0/s1. The Morgan fingerprint density at radius 1 is 0.860 bits per heavy atom.